The summed E-state index contributed by atoms with van der Waals surface area (Å²) in [5, 5.41) is 14.2. The van der Waals surface area contributed by atoms with Gasteiger partial charge in [0.05, 0.1) is 11.7 Å². The monoisotopic (exact) mass is 387 g/mol. The summed E-state index contributed by atoms with van der Waals surface area (Å²) >= 11 is 0. The molecule has 7 heteroatoms. The van der Waals surface area contributed by atoms with Crippen LogP contribution in [-0.2, 0) is 12.8 Å². The van der Waals surface area contributed by atoms with Gasteiger partial charge in [-0.2, -0.15) is 10.1 Å². The van der Waals surface area contributed by atoms with E-state index in [2.05, 4.69) is 63.5 Å². The Kier molecular flexibility index (Phi) is 4.52. The van der Waals surface area contributed by atoms with Gasteiger partial charge in [0.25, 0.3) is 0 Å². The third kappa shape index (κ3) is 3.49. The van der Waals surface area contributed by atoms with Crippen molar-refractivity contribution in [1.82, 2.24) is 25.5 Å². The van der Waals surface area contributed by atoms with Gasteiger partial charge in [-0.15, -0.1) is 0 Å². The molecule has 0 aliphatic carbocycles. The van der Waals surface area contributed by atoms with Crippen molar-refractivity contribution < 1.29 is 0 Å². The maximum atomic E-state index is 4.90. The van der Waals surface area contributed by atoms with Gasteiger partial charge in [-0.1, -0.05) is 43.8 Å². The first-order chi connectivity index (χ1) is 14.2. The van der Waals surface area contributed by atoms with Crippen LogP contribution in [0.3, 0.4) is 0 Å². The van der Waals surface area contributed by atoms with E-state index in [0.29, 0.717) is 6.04 Å². The van der Waals surface area contributed by atoms with E-state index < -0.39 is 0 Å². The van der Waals surface area contributed by atoms with Crippen LogP contribution in [0, 0.1) is 0 Å². The summed E-state index contributed by atoms with van der Waals surface area (Å²) in [5.41, 5.74) is 4.53. The average molecular weight is 387 g/mol. The Morgan fingerprint density at radius 2 is 2.03 bits per heavy atom. The van der Waals surface area contributed by atoms with Crippen molar-refractivity contribution in [3.8, 4) is 0 Å². The molecule has 29 heavy (non-hydrogen) atoms. The molecule has 2 fully saturated rings. The lowest BCUT2D eigenvalue weighted by molar-refractivity contribution is 0.572. The second-order valence-corrected chi connectivity index (χ2v) is 7.67. The van der Waals surface area contributed by atoms with E-state index in [4.69, 9.17) is 9.97 Å². The van der Waals surface area contributed by atoms with Gasteiger partial charge in [0.1, 0.15) is 5.82 Å². The molecule has 148 valence electrons. The molecule has 5 rings (SSSR count). The van der Waals surface area contributed by atoms with Crippen molar-refractivity contribution >= 4 is 17.6 Å². The Morgan fingerprint density at radius 3 is 2.72 bits per heavy atom. The smallest absolute Gasteiger partial charge is 0.228 e. The molecule has 2 saturated heterocycles. The van der Waals surface area contributed by atoms with Crippen molar-refractivity contribution in [3.05, 3.63) is 71.6 Å². The first-order valence-corrected chi connectivity index (χ1v) is 10.1. The molecule has 1 aromatic carbocycles. The normalized spacial score (nSPS) is 20.4. The number of H-pyrrole nitrogens is 1. The summed E-state index contributed by atoms with van der Waals surface area (Å²) in [4.78, 5) is 12.0. The van der Waals surface area contributed by atoms with E-state index in [1.807, 2.05) is 18.2 Å². The topological polar surface area (TPSA) is 81.8 Å². The zero-order valence-electron chi connectivity index (χ0n) is 16.5. The minimum atomic E-state index is 0.261. The lowest BCUT2D eigenvalue weighted by atomic mass is 10.1. The molecule has 0 amide bonds. The van der Waals surface area contributed by atoms with Gasteiger partial charge >= 0.3 is 0 Å². The summed E-state index contributed by atoms with van der Waals surface area (Å²) < 4.78 is 0. The van der Waals surface area contributed by atoms with E-state index in [9.17, 15) is 0 Å². The van der Waals surface area contributed by atoms with Gasteiger partial charge in [0, 0.05) is 43.4 Å². The summed E-state index contributed by atoms with van der Waals surface area (Å²) in [5.74, 6) is 2.28. The van der Waals surface area contributed by atoms with Crippen LogP contribution in [0.25, 0.3) is 0 Å². The number of hydrogen-bond donors (Lipinski definition) is 3. The molecule has 2 bridgehead atoms. The number of aromatic nitrogens is 4. The molecule has 0 saturated carbocycles. The van der Waals surface area contributed by atoms with Crippen LogP contribution < -0.4 is 15.5 Å². The van der Waals surface area contributed by atoms with Crippen LogP contribution in [-0.4, -0.2) is 45.3 Å². The van der Waals surface area contributed by atoms with Crippen LogP contribution in [0.15, 0.2) is 54.6 Å². The number of benzene rings is 1. The quantitative estimate of drug-likeness (QED) is 0.564. The lowest BCUT2D eigenvalue weighted by Gasteiger charge is -2.27. The third-order valence-corrected chi connectivity index (χ3v) is 5.71. The van der Waals surface area contributed by atoms with E-state index in [1.54, 1.807) is 0 Å². The molecule has 0 radical (unpaired) electrons. The van der Waals surface area contributed by atoms with E-state index >= 15 is 0 Å². The Hall–Kier alpha value is -3.19. The number of aromatic amines is 1. The number of aryl methyl sites for hydroxylation is 1. The van der Waals surface area contributed by atoms with Crippen LogP contribution in [0.5, 0.6) is 0 Å². The van der Waals surface area contributed by atoms with Gasteiger partial charge in [-0.3, -0.25) is 5.10 Å². The highest BCUT2D eigenvalue weighted by atomic mass is 15.4. The van der Waals surface area contributed by atoms with Gasteiger partial charge in [0.15, 0.2) is 5.82 Å². The Morgan fingerprint density at radius 1 is 1.17 bits per heavy atom. The summed E-state index contributed by atoms with van der Waals surface area (Å²) in [6.45, 7) is 8.12. The number of fused-ring (bicyclic) bond motifs is 2. The highest BCUT2D eigenvalue weighted by molar-refractivity contribution is 5.57. The van der Waals surface area contributed by atoms with E-state index in [0.717, 1.165) is 54.9 Å². The van der Waals surface area contributed by atoms with Gasteiger partial charge in [-0.05, 0) is 17.6 Å². The summed E-state index contributed by atoms with van der Waals surface area (Å²) in [6, 6.07) is 15.0. The molecule has 2 aromatic heterocycles. The average Bonchev–Trinajstić information content (AvgIpc) is 3.43. The second kappa shape index (κ2) is 7.33. The molecule has 3 aromatic rings. The summed E-state index contributed by atoms with van der Waals surface area (Å²) in [7, 11) is 0. The fraction of sp³-hybridized carbons (Fsp3) is 0.318. The standard InChI is InChI=1S/C22H25N7/c1-3-16-10-21(28-27-16)25-20-11-17(9-15-7-5-4-6-8-15)24-22(26-20)29-13-18-14(2)19(29)12-23-18/h4-8,10-11,18-19,23H,2-3,9,12-13H2,1H3,(H2,24,25,26,27,28). The van der Waals surface area contributed by atoms with E-state index in [-0.39, 0.29) is 6.04 Å². The zero-order chi connectivity index (χ0) is 19.8. The first-order valence-electron chi connectivity index (χ1n) is 10.1. The van der Waals surface area contributed by atoms with Crippen LogP contribution in [0.2, 0.25) is 0 Å². The maximum absolute atomic E-state index is 4.90. The Bertz CT molecular complexity index is 1030. The third-order valence-electron chi connectivity index (χ3n) is 5.71. The molecule has 2 aliphatic heterocycles. The van der Waals surface area contributed by atoms with Gasteiger partial charge in [-0.25, -0.2) is 4.98 Å². The lowest BCUT2D eigenvalue weighted by Crippen LogP contribution is -2.44. The molecule has 2 unspecified atom stereocenters. The van der Waals surface area contributed by atoms with Crippen LogP contribution in [0.4, 0.5) is 17.6 Å². The second-order valence-electron chi connectivity index (χ2n) is 7.67. The zero-order valence-corrected chi connectivity index (χ0v) is 16.5. The molecule has 3 N–H and O–H groups in total. The molecule has 2 aliphatic rings. The molecular weight excluding hydrogens is 362 g/mol. The number of piperazine rings is 1. The molecule has 0 spiro atoms. The SMILES string of the molecule is C=C1C2CN(c3nc(Cc4ccccc4)cc(Nc4cc(CC)[nH]n4)n3)C1CN2. The highest BCUT2D eigenvalue weighted by Gasteiger charge is 2.42. The number of nitrogens with one attached hydrogen (secondary N) is 3. The number of hydrogen-bond acceptors (Lipinski definition) is 6. The molecular formula is C22H25N7. The van der Waals surface area contributed by atoms with Crippen molar-refractivity contribution in [2.45, 2.75) is 31.8 Å². The number of anilines is 3. The van der Waals surface area contributed by atoms with Crippen molar-refractivity contribution in [3.63, 3.8) is 0 Å². The van der Waals surface area contributed by atoms with E-state index in [1.165, 1.54) is 11.1 Å². The van der Waals surface area contributed by atoms with Crippen LogP contribution >= 0.6 is 0 Å². The Balaban J connectivity index is 1.48. The first kappa shape index (κ1) is 17.9. The number of nitrogens with zero attached hydrogens (tertiary/aromatic N) is 4. The van der Waals surface area contributed by atoms with Gasteiger partial charge < -0.3 is 15.5 Å². The molecule has 7 nitrogen and oxygen atoms in total. The number of rotatable bonds is 6. The minimum Gasteiger partial charge on any atom is -0.331 e. The van der Waals surface area contributed by atoms with Crippen molar-refractivity contribution in [2.24, 2.45) is 0 Å². The fourth-order valence-corrected chi connectivity index (χ4v) is 4.10. The summed E-state index contributed by atoms with van der Waals surface area (Å²) in [6.07, 6.45) is 1.67. The fourth-order valence-electron chi connectivity index (χ4n) is 4.10. The van der Waals surface area contributed by atoms with Crippen molar-refractivity contribution in [1.29, 1.82) is 0 Å². The molecule has 2 atom stereocenters. The largest absolute Gasteiger partial charge is 0.331 e. The maximum Gasteiger partial charge on any atom is 0.228 e. The van der Waals surface area contributed by atoms with Crippen molar-refractivity contribution in [2.75, 3.05) is 23.3 Å². The predicted octanol–water partition coefficient (Wildman–Crippen LogP) is 2.81. The Labute approximate surface area is 170 Å². The highest BCUT2D eigenvalue weighted by Crippen LogP contribution is 2.32. The molecule has 4 heterocycles. The minimum absolute atomic E-state index is 0.261. The predicted molar refractivity (Wildman–Crippen MR) is 115 cm³/mol. The van der Waals surface area contributed by atoms with Crippen LogP contribution in [0.1, 0.15) is 23.9 Å². The van der Waals surface area contributed by atoms with Gasteiger partial charge in [0.2, 0.25) is 5.95 Å².